The zero-order valence-corrected chi connectivity index (χ0v) is 18.1. The van der Waals surface area contributed by atoms with E-state index in [0.29, 0.717) is 28.6 Å². The number of anilines is 2. The zero-order valence-electron chi connectivity index (χ0n) is 17.4. The lowest BCUT2D eigenvalue weighted by Gasteiger charge is -2.20. The number of hydrogen-bond acceptors (Lipinski definition) is 7. The molecule has 0 aliphatic carbocycles. The first-order valence-electron chi connectivity index (χ1n) is 10.1. The predicted molar refractivity (Wildman–Crippen MR) is 119 cm³/mol. The lowest BCUT2D eigenvalue weighted by atomic mass is 10.0. The van der Waals surface area contributed by atoms with Crippen LogP contribution in [0.5, 0.6) is 0 Å². The van der Waals surface area contributed by atoms with Crippen LogP contribution < -0.4 is 16.0 Å². The third-order valence-electron chi connectivity index (χ3n) is 5.67. The lowest BCUT2D eigenvalue weighted by molar-refractivity contribution is 0.307. The highest BCUT2D eigenvalue weighted by Crippen LogP contribution is 2.26. The molecule has 2 aromatic rings. The van der Waals surface area contributed by atoms with Gasteiger partial charge in [0.1, 0.15) is 16.7 Å². The summed E-state index contributed by atoms with van der Waals surface area (Å²) < 4.78 is 0. The van der Waals surface area contributed by atoms with Gasteiger partial charge in [0.25, 0.3) is 0 Å². The molecule has 7 nitrogen and oxygen atoms in total. The van der Waals surface area contributed by atoms with Crippen LogP contribution in [0, 0.1) is 24.7 Å². The Morgan fingerprint density at radius 1 is 1.33 bits per heavy atom. The first-order valence-corrected chi connectivity index (χ1v) is 10.4. The van der Waals surface area contributed by atoms with Gasteiger partial charge in [0, 0.05) is 42.5 Å². The predicted octanol–water partition coefficient (Wildman–Crippen LogP) is 3.26. The van der Waals surface area contributed by atoms with Crippen molar-refractivity contribution in [1.29, 1.82) is 0 Å². The molecule has 1 aromatic heterocycles. The molecule has 0 spiro atoms. The fourth-order valence-corrected chi connectivity index (χ4v) is 4.13. The summed E-state index contributed by atoms with van der Waals surface area (Å²) in [6, 6.07) is 5.74. The Morgan fingerprint density at radius 2 is 2.17 bits per heavy atom. The molecule has 1 unspecified atom stereocenters. The summed E-state index contributed by atoms with van der Waals surface area (Å²) in [6.45, 7) is 8.11. The largest absolute Gasteiger partial charge is 0.338 e. The Morgan fingerprint density at radius 3 is 2.93 bits per heavy atom. The van der Waals surface area contributed by atoms with Crippen LogP contribution in [-0.4, -0.2) is 40.0 Å². The van der Waals surface area contributed by atoms with Crippen LogP contribution in [0.25, 0.3) is 6.08 Å². The van der Waals surface area contributed by atoms with Gasteiger partial charge in [0.05, 0.1) is 5.35 Å². The fourth-order valence-electron chi connectivity index (χ4n) is 3.96. The van der Waals surface area contributed by atoms with E-state index in [2.05, 4.69) is 42.5 Å². The molecule has 2 aliphatic rings. The highest BCUT2D eigenvalue weighted by Gasteiger charge is 2.35. The van der Waals surface area contributed by atoms with Crippen LogP contribution in [-0.2, 0) is 0 Å². The Hall–Kier alpha value is -2.64. The van der Waals surface area contributed by atoms with Crippen LogP contribution >= 0.6 is 11.6 Å². The van der Waals surface area contributed by atoms with Crippen LogP contribution in [0.2, 0.25) is 5.02 Å². The van der Waals surface area contributed by atoms with E-state index < -0.39 is 5.54 Å². The number of hydrogen-bond donors (Lipinski definition) is 1. The number of nitrogens with zero attached hydrogens (tertiary/aromatic N) is 5. The normalized spacial score (nSPS) is 23.3. The van der Waals surface area contributed by atoms with Gasteiger partial charge in [-0.15, -0.1) is 0 Å². The Bertz CT molecular complexity index is 1130. The molecule has 1 N–H and O–H groups in total. The number of aromatic nitrogens is 2. The summed E-state index contributed by atoms with van der Waals surface area (Å²) in [5, 5.41) is 8.90. The van der Waals surface area contributed by atoms with E-state index in [9.17, 15) is 4.91 Å². The monoisotopic (exact) mass is 424 g/mol. The van der Waals surface area contributed by atoms with E-state index in [1.807, 2.05) is 45.2 Å². The molecule has 0 saturated carbocycles. The molecule has 0 bridgehead atoms. The molecule has 2 atom stereocenters. The van der Waals surface area contributed by atoms with Crippen molar-refractivity contribution in [2.45, 2.75) is 32.7 Å². The van der Waals surface area contributed by atoms with Crippen LogP contribution in [0.3, 0.4) is 0 Å². The molecule has 1 aromatic carbocycles. The van der Waals surface area contributed by atoms with Crippen molar-refractivity contribution in [2.75, 3.05) is 25.0 Å². The maximum Gasteiger partial charge on any atom is 0.160 e. The van der Waals surface area contributed by atoms with Crippen molar-refractivity contribution in [2.24, 2.45) is 16.1 Å². The minimum Gasteiger partial charge on any atom is -0.338 e. The number of nitroso groups, excluding NO2 is 1. The smallest absolute Gasteiger partial charge is 0.160 e. The summed E-state index contributed by atoms with van der Waals surface area (Å²) in [5.41, 5.74) is 1.36. The fraction of sp³-hybridized carbons (Fsp3) is 0.409. The molecular weight excluding hydrogens is 400 g/mol. The highest BCUT2D eigenvalue weighted by molar-refractivity contribution is 6.31. The van der Waals surface area contributed by atoms with Crippen molar-refractivity contribution < 1.29 is 0 Å². The van der Waals surface area contributed by atoms with Gasteiger partial charge < -0.3 is 5.32 Å². The van der Waals surface area contributed by atoms with Crippen molar-refractivity contribution in [3.63, 3.8) is 0 Å². The lowest BCUT2D eigenvalue weighted by Crippen LogP contribution is -2.35. The standard InChI is InChI=1S/C22H25ClN6O/c1-14-17(23)5-4-6-18(14)27-21-20-19(25-15(2)26-21)11-16(7-9-24-20)12-29-10-8-22(3,13-29)28-30/h4-7,9,11,16H,8,10,12-13H2,1-3H3,(H,25,26,27)/t16?,22-/m0/s1. The van der Waals surface area contributed by atoms with Crippen LogP contribution in [0.15, 0.2) is 40.6 Å². The van der Waals surface area contributed by atoms with E-state index in [1.165, 1.54) is 0 Å². The number of fused-ring (bicyclic) bond motifs is 1. The number of rotatable bonds is 5. The molecule has 2 aliphatic heterocycles. The average Bonchev–Trinajstić information content (AvgIpc) is 2.96. The maximum absolute atomic E-state index is 11.1. The van der Waals surface area contributed by atoms with Crippen LogP contribution in [0.4, 0.5) is 11.5 Å². The molecule has 0 radical (unpaired) electrons. The number of halogens is 1. The topological polar surface area (TPSA) is 82.8 Å². The zero-order chi connectivity index (χ0) is 21.3. The molecule has 1 saturated heterocycles. The van der Waals surface area contributed by atoms with E-state index in [-0.39, 0.29) is 5.92 Å². The first kappa shape index (κ1) is 20.6. The van der Waals surface area contributed by atoms with Gasteiger partial charge in [-0.05, 0) is 51.0 Å². The van der Waals surface area contributed by atoms with Crippen LogP contribution in [0.1, 0.15) is 24.7 Å². The Labute approximate surface area is 180 Å². The SMILES string of the molecule is Cc1nc(Nc2cccc(Cl)c2C)c2c(n1)=CC(CN1CC[C@](C)(N=O)C1)C=CN=2. The van der Waals surface area contributed by atoms with E-state index >= 15 is 0 Å². The molecule has 8 heteroatoms. The number of likely N-dealkylation sites (tertiary alicyclic amines) is 1. The molecule has 0 amide bonds. The van der Waals surface area contributed by atoms with E-state index in [0.717, 1.165) is 36.1 Å². The number of benzene rings is 1. The number of nitrogens with one attached hydrogen (secondary N) is 1. The Balaban J connectivity index is 1.65. The second-order valence-electron chi connectivity index (χ2n) is 8.27. The third-order valence-corrected chi connectivity index (χ3v) is 6.08. The van der Waals surface area contributed by atoms with Crippen molar-refractivity contribution >= 4 is 29.2 Å². The summed E-state index contributed by atoms with van der Waals surface area (Å²) in [4.78, 5) is 27.2. The summed E-state index contributed by atoms with van der Waals surface area (Å²) >= 11 is 6.27. The first-order chi connectivity index (χ1) is 14.4. The quantitative estimate of drug-likeness (QED) is 0.745. The second-order valence-corrected chi connectivity index (χ2v) is 8.67. The maximum atomic E-state index is 11.1. The van der Waals surface area contributed by atoms with Crippen molar-refractivity contribution in [1.82, 2.24) is 14.9 Å². The molecule has 30 heavy (non-hydrogen) atoms. The van der Waals surface area contributed by atoms with Gasteiger partial charge in [-0.2, -0.15) is 4.91 Å². The molecule has 156 valence electrons. The third kappa shape index (κ3) is 4.27. The van der Waals surface area contributed by atoms with Gasteiger partial charge >= 0.3 is 0 Å². The summed E-state index contributed by atoms with van der Waals surface area (Å²) in [7, 11) is 0. The van der Waals surface area contributed by atoms with Gasteiger partial charge in [0.2, 0.25) is 0 Å². The summed E-state index contributed by atoms with van der Waals surface area (Å²) in [6.07, 6.45) is 6.80. The minimum absolute atomic E-state index is 0.138. The van der Waals surface area contributed by atoms with Gasteiger partial charge in [-0.3, -0.25) is 9.89 Å². The molecule has 1 fully saturated rings. The highest BCUT2D eigenvalue weighted by atomic mass is 35.5. The minimum atomic E-state index is -0.485. The van der Waals surface area contributed by atoms with Gasteiger partial charge in [-0.25, -0.2) is 9.97 Å². The second kappa shape index (κ2) is 8.24. The van der Waals surface area contributed by atoms with E-state index in [4.69, 9.17) is 11.6 Å². The Kier molecular flexibility index (Phi) is 5.66. The van der Waals surface area contributed by atoms with Crippen molar-refractivity contribution in [3.8, 4) is 0 Å². The average molecular weight is 425 g/mol. The summed E-state index contributed by atoms with van der Waals surface area (Å²) in [5.74, 6) is 1.46. The molecule has 4 rings (SSSR count). The van der Waals surface area contributed by atoms with Gasteiger partial charge in [-0.1, -0.05) is 28.9 Å². The number of aryl methyl sites for hydroxylation is 1. The molecular formula is C22H25ClN6O. The van der Waals surface area contributed by atoms with Gasteiger partial charge in [0.15, 0.2) is 5.82 Å². The molecule has 3 heterocycles. The van der Waals surface area contributed by atoms with Crippen molar-refractivity contribution in [3.05, 3.63) is 62.5 Å². The van der Waals surface area contributed by atoms with E-state index in [1.54, 1.807) is 0 Å².